The van der Waals surface area contributed by atoms with Gasteiger partial charge in [0.15, 0.2) is 11.7 Å². The van der Waals surface area contributed by atoms with E-state index in [9.17, 15) is 9.59 Å². The number of nitrogens with one attached hydrogen (secondary N) is 1. The van der Waals surface area contributed by atoms with Gasteiger partial charge < -0.3 is 10.1 Å². The molecule has 1 unspecified atom stereocenters. The van der Waals surface area contributed by atoms with E-state index in [4.69, 9.17) is 10.00 Å². The lowest BCUT2D eigenvalue weighted by atomic mass is 10.0. The quantitative estimate of drug-likeness (QED) is 0.546. The first-order valence-electron chi connectivity index (χ1n) is 8.66. The number of benzene rings is 1. The van der Waals surface area contributed by atoms with Crippen molar-refractivity contribution in [2.75, 3.05) is 6.54 Å². The molecule has 0 aliphatic carbocycles. The van der Waals surface area contributed by atoms with Crippen LogP contribution in [-0.4, -0.2) is 23.2 Å². The fraction of sp³-hybridized carbons (Fsp3) is 0.238. The molecule has 0 radical (unpaired) electrons. The number of allylic oxidation sites excluding steroid dienone is 1. The fourth-order valence-electron chi connectivity index (χ4n) is 2.19. The molecule has 0 aliphatic rings. The average molecular weight is 363 g/mol. The van der Waals surface area contributed by atoms with Crippen molar-refractivity contribution in [1.29, 1.82) is 5.26 Å². The number of carbonyl (C=O) groups is 2. The van der Waals surface area contributed by atoms with Gasteiger partial charge in [0.1, 0.15) is 12.4 Å². The van der Waals surface area contributed by atoms with Gasteiger partial charge in [0.05, 0.1) is 11.8 Å². The Bertz CT molecular complexity index is 824. The molecule has 1 aromatic heterocycles. The molecule has 0 saturated heterocycles. The Morgan fingerprint density at radius 3 is 2.67 bits per heavy atom. The summed E-state index contributed by atoms with van der Waals surface area (Å²) >= 11 is 0. The molecule has 2 rings (SSSR count). The van der Waals surface area contributed by atoms with Crippen LogP contribution >= 0.6 is 0 Å². The van der Waals surface area contributed by atoms with Crippen molar-refractivity contribution >= 4 is 17.8 Å². The molecule has 1 heterocycles. The van der Waals surface area contributed by atoms with Crippen LogP contribution in [0.1, 0.15) is 24.6 Å². The van der Waals surface area contributed by atoms with Crippen LogP contribution in [0.2, 0.25) is 0 Å². The number of carbonyl (C=O) groups excluding carboxylic acids is 2. The van der Waals surface area contributed by atoms with Gasteiger partial charge in [-0.25, -0.2) is 0 Å². The van der Waals surface area contributed by atoms with Gasteiger partial charge >= 0.3 is 0 Å². The Morgan fingerprint density at radius 1 is 1.26 bits per heavy atom. The summed E-state index contributed by atoms with van der Waals surface area (Å²) in [6.07, 6.45) is 5.27. The summed E-state index contributed by atoms with van der Waals surface area (Å²) in [6, 6.07) is 14.5. The highest BCUT2D eigenvalue weighted by molar-refractivity contribution is 6.10. The first kappa shape index (κ1) is 19.9. The molecule has 6 nitrogen and oxygen atoms in total. The fourth-order valence-corrected chi connectivity index (χ4v) is 2.19. The van der Waals surface area contributed by atoms with Gasteiger partial charge in [0, 0.05) is 12.7 Å². The molecule has 0 fully saturated rings. The lowest BCUT2D eigenvalue weighted by Gasteiger charge is -2.07. The molecular weight excluding hydrogens is 342 g/mol. The molecule has 0 saturated carbocycles. The van der Waals surface area contributed by atoms with Crippen molar-refractivity contribution in [2.24, 2.45) is 5.92 Å². The Morgan fingerprint density at radius 2 is 2.04 bits per heavy atom. The second kappa shape index (κ2) is 10.5. The minimum atomic E-state index is -1.33. The lowest BCUT2D eigenvalue weighted by molar-refractivity contribution is -0.129. The van der Waals surface area contributed by atoms with E-state index >= 15 is 0 Å². The van der Waals surface area contributed by atoms with E-state index in [1.807, 2.05) is 25.1 Å². The van der Waals surface area contributed by atoms with E-state index < -0.39 is 17.6 Å². The number of nitrogens with zero attached hydrogens (tertiary/aromatic N) is 2. The second-order valence-electron chi connectivity index (χ2n) is 5.77. The minimum absolute atomic E-state index is 0.366. The van der Waals surface area contributed by atoms with Crippen molar-refractivity contribution in [3.05, 3.63) is 66.0 Å². The van der Waals surface area contributed by atoms with Crippen LogP contribution < -0.4 is 10.1 Å². The molecule has 0 bridgehead atoms. The first-order valence-corrected chi connectivity index (χ1v) is 8.66. The number of hydrogen-bond acceptors (Lipinski definition) is 5. The van der Waals surface area contributed by atoms with Crippen LogP contribution in [-0.2, 0) is 16.2 Å². The molecule has 0 aliphatic heterocycles. The monoisotopic (exact) mass is 363 g/mol. The van der Waals surface area contributed by atoms with Crippen LogP contribution in [0.4, 0.5) is 0 Å². The molecule has 0 spiro atoms. The summed E-state index contributed by atoms with van der Waals surface area (Å²) in [5.41, 5.74) is 1.59. The number of hydrogen-bond donors (Lipinski definition) is 1. The van der Waals surface area contributed by atoms with Gasteiger partial charge in [-0.1, -0.05) is 31.2 Å². The molecule has 2 aromatic rings. The third-order valence-electron chi connectivity index (χ3n) is 3.66. The molecule has 1 atom stereocenters. The number of pyridine rings is 1. The summed E-state index contributed by atoms with van der Waals surface area (Å²) in [6.45, 7) is 2.70. The SMILES string of the molecule is CCCNC(=O)C(C#N)C(=O)C=Cc1ccc(OCc2ccccn2)cc1. The van der Waals surface area contributed by atoms with Crippen molar-refractivity contribution < 1.29 is 14.3 Å². The van der Waals surface area contributed by atoms with Crippen molar-refractivity contribution in [3.63, 3.8) is 0 Å². The molecule has 1 N–H and O–H groups in total. The van der Waals surface area contributed by atoms with Gasteiger partial charge in [-0.3, -0.25) is 14.6 Å². The molecule has 1 amide bonds. The largest absolute Gasteiger partial charge is 0.487 e. The van der Waals surface area contributed by atoms with Crippen molar-refractivity contribution in [1.82, 2.24) is 10.3 Å². The maximum atomic E-state index is 12.1. The second-order valence-corrected chi connectivity index (χ2v) is 5.77. The van der Waals surface area contributed by atoms with E-state index in [-0.39, 0.29) is 0 Å². The molecule has 138 valence electrons. The summed E-state index contributed by atoms with van der Waals surface area (Å²) in [4.78, 5) is 28.1. The van der Waals surface area contributed by atoms with Crippen LogP contribution in [0.3, 0.4) is 0 Å². The van der Waals surface area contributed by atoms with E-state index in [1.165, 1.54) is 6.08 Å². The smallest absolute Gasteiger partial charge is 0.245 e. The number of ketones is 1. The van der Waals surface area contributed by atoms with Gasteiger partial charge in [-0.15, -0.1) is 0 Å². The van der Waals surface area contributed by atoms with Crippen LogP contribution in [0.5, 0.6) is 5.75 Å². The van der Waals surface area contributed by atoms with E-state index in [0.717, 1.165) is 17.7 Å². The Kier molecular flexibility index (Phi) is 7.73. The van der Waals surface area contributed by atoms with Gasteiger partial charge in [-0.2, -0.15) is 5.26 Å². The van der Waals surface area contributed by atoms with Gasteiger partial charge in [0.25, 0.3) is 0 Å². The van der Waals surface area contributed by atoms with Crippen LogP contribution in [0, 0.1) is 17.2 Å². The molecule has 1 aromatic carbocycles. The maximum absolute atomic E-state index is 12.1. The van der Waals surface area contributed by atoms with E-state index in [0.29, 0.717) is 18.9 Å². The third-order valence-corrected chi connectivity index (χ3v) is 3.66. The number of aromatic nitrogens is 1. The van der Waals surface area contributed by atoms with E-state index in [1.54, 1.807) is 42.6 Å². The standard InChI is InChI=1S/C21H21N3O3/c1-2-12-24-21(26)19(14-22)20(25)11-8-16-6-9-18(10-7-16)27-15-17-5-3-4-13-23-17/h3-11,13,19H,2,12,15H2,1H3,(H,24,26). The number of nitriles is 1. The normalized spacial score (nSPS) is 11.6. The highest BCUT2D eigenvalue weighted by Gasteiger charge is 2.23. The predicted octanol–water partition coefficient (Wildman–Crippen LogP) is 2.91. The van der Waals surface area contributed by atoms with Crippen molar-refractivity contribution in [3.8, 4) is 11.8 Å². The van der Waals surface area contributed by atoms with Crippen molar-refractivity contribution in [2.45, 2.75) is 20.0 Å². The minimum Gasteiger partial charge on any atom is -0.487 e. The summed E-state index contributed by atoms with van der Waals surface area (Å²) < 4.78 is 5.65. The first-order chi connectivity index (χ1) is 13.1. The molecular formula is C21H21N3O3. The summed E-state index contributed by atoms with van der Waals surface area (Å²) in [7, 11) is 0. The number of rotatable bonds is 9. The maximum Gasteiger partial charge on any atom is 0.245 e. The summed E-state index contributed by atoms with van der Waals surface area (Å²) in [5.74, 6) is -1.75. The zero-order valence-corrected chi connectivity index (χ0v) is 15.1. The predicted molar refractivity (Wildman–Crippen MR) is 101 cm³/mol. The lowest BCUT2D eigenvalue weighted by Crippen LogP contribution is -2.34. The Balaban J connectivity index is 1.91. The highest BCUT2D eigenvalue weighted by atomic mass is 16.5. The zero-order valence-electron chi connectivity index (χ0n) is 15.1. The average Bonchev–Trinajstić information content (AvgIpc) is 2.71. The van der Waals surface area contributed by atoms with E-state index in [2.05, 4.69) is 10.3 Å². The highest BCUT2D eigenvalue weighted by Crippen LogP contribution is 2.15. The number of ether oxygens (including phenoxy) is 1. The summed E-state index contributed by atoms with van der Waals surface area (Å²) in [5, 5.41) is 11.6. The number of amides is 1. The Hall–Kier alpha value is -3.46. The topological polar surface area (TPSA) is 92.1 Å². The Labute approximate surface area is 158 Å². The van der Waals surface area contributed by atoms with Gasteiger partial charge in [0.2, 0.25) is 5.91 Å². The molecule has 27 heavy (non-hydrogen) atoms. The molecule has 6 heteroatoms. The zero-order chi connectivity index (χ0) is 19.5. The van der Waals surface area contributed by atoms with Crippen LogP contribution in [0.15, 0.2) is 54.7 Å². The van der Waals surface area contributed by atoms with Gasteiger partial charge in [-0.05, 0) is 42.3 Å². The van der Waals surface area contributed by atoms with Crippen LogP contribution in [0.25, 0.3) is 6.08 Å². The third kappa shape index (κ3) is 6.40.